The first-order chi connectivity index (χ1) is 16.5. The van der Waals surface area contributed by atoms with E-state index >= 15 is 0 Å². The lowest BCUT2D eigenvalue weighted by atomic mass is 9.89. The number of aromatic nitrogens is 4. The maximum Gasteiger partial charge on any atom is 0.323 e. The first-order valence-electron chi connectivity index (χ1n) is 11.2. The zero-order valence-corrected chi connectivity index (χ0v) is 21.0. The number of nitrogen functional groups attached to an aromatic ring is 1. The van der Waals surface area contributed by atoms with Gasteiger partial charge in [-0.05, 0) is 78.5 Å². The van der Waals surface area contributed by atoms with Gasteiger partial charge in [-0.3, -0.25) is 4.79 Å². The summed E-state index contributed by atoms with van der Waals surface area (Å²) in [5.74, 6) is 2.68. The summed E-state index contributed by atoms with van der Waals surface area (Å²) in [5.41, 5.74) is 6.69. The number of benzene rings is 1. The van der Waals surface area contributed by atoms with Crippen LogP contribution in [0.2, 0.25) is 0 Å². The van der Waals surface area contributed by atoms with Gasteiger partial charge in [0, 0.05) is 15.9 Å². The third-order valence-electron chi connectivity index (χ3n) is 5.96. The van der Waals surface area contributed by atoms with Crippen molar-refractivity contribution in [1.82, 2.24) is 24.8 Å². The second-order valence-corrected chi connectivity index (χ2v) is 10.0. The molecule has 4 aliphatic heterocycles. The molecule has 5 rings (SSSR count). The van der Waals surface area contributed by atoms with Crippen LogP contribution in [0.15, 0.2) is 33.0 Å². The van der Waals surface area contributed by atoms with Gasteiger partial charge < -0.3 is 29.8 Å². The molecule has 0 bridgehead atoms. The molecule has 34 heavy (non-hydrogen) atoms. The molecule has 0 saturated carbocycles. The van der Waals surface area contributed by atoms with Crippen molar-refractivity contribution in [2.45, 2.75) is 48.8 Å². The molecule has 4 heterocycles. The van der Waals surface area contributed by atoms with Gasteiger partial charge >= 0.3 is 5.97 Å². The predicted octanol–water partition coefficient (Wildman–Crippen LogP) is 3.32. The van der Waals surface area contributed by atoms with E-state index in [1.54, 1.807) is 6.33 Å². The van der Waals surface area contributed by atoms with Crippen LogP contribution in [-0.2, 0) is 16.1 Å². The molecule has 0 unspecified atom stereocenters. The number of carbonyl (C=O) groups is 1. The van der Waals surface area contributed by atoms with Gasteiger partial charge in [-0.15, -0.1) is 0 Å². The van der Waals surface area contributed by atoms with Gasteiger partial charge in [0.2, 0.25) is 6.79 Å². The summed E-state index contributed by atoms with van der Waals surface area (Å²) in [6.07, 6.45) is 4.37. The summed E-state index contributed by atoms with van der Waals surface area (Å²) < 4.78 is 18.9. The van der Waals surface area contributed by atoms with Crippen LogP contribution in [0.1, 0.15) is 26.2 Å². The Kier molecular flexibility index (Phi) is 6.79. The van der Waals surface area contributed by atoms with Gasteiger partial charge in [0.1, 0.15) is 6.04 Å². The minimum atomic E-state index is -0.241. The van der Waals surface area contributed by atoms with Crippen molar-refractivity contribution in [2.24, 2.45) is 5.92 Å². The average Bonchev–Trinajstić information content (AvgIpc) is 3.46. The molecule has 0 aliphatic carbocycles. The quantitative estimate of drug-likeness (QED) is 0.424. The number of fused-ring (bicyclic) bond motifs is 2. The highest BCUT2D eigenvalue weighted by molar-refractivity contribution is 9.10. The molecule has 2 atom stereocenters. The standard InChI is InChI=1S/C22H25BrN6O4S/c1-2-31-21(30)14-7-12(3-5-25-14)4-6-29-10-26-19(24)18-20(29)28-22(27-18)34-17-9-16-15(8-13(17)23)32-11-33-16/h8-10,12,14,25H,2-7,11,24H2,1H3/t12-,14-/m1/s1. The molecule has 1 aromatic rings. The minimum absolute atomic E-state index is 0.172. The highest BCUT2D eigenvalue weighted by Crippen LogP contribution is 2.43. The molecular weight excluding hydrogens is 524 g/mol. The number of hydrogen-bond donors (Lipinski definition) is 2. The Balaban J connectivity index is 1.31. The normalized spacial score (nSPS) is 19.5. The topological polar surface area (TPSA) is 126 Å². The smallest absolute Gasteiger partial charge is 0.323 e. The van der Waals surface area contributed by atoms with E-state index in [1.165, 1.54) is 11.8 Å². The number of piperidine rings is 1. The number of anilines is 1. The van der Waals surface area contributed by atoms with Gasteiger partial charge in [-0.1, -0.05) is 0 Å². The number of rotatable bonds is 7. The molecule has 4 aliphatic rings. The van der Waals surface area contributed by atoms with Gasteiger partial charge in [0.15, 0.2) is 34.0 Å². The third-order valence-corrected chi connectivity index (χ3v) is 7.80. The molecule has 0 spiro atoms. The van der Waals surface area contributed by atoms with Crippen LogP contribution in [0, 0.1) is 5.92 Å². The first-order valence-corrected chi connectivity index (χ1v) is 12.8. The number of esters is 1. The van der Waals surface area contributed by atoms with E-state index in [1.807, 2.05) is 23.6 Å². The SMILES string of the molecule is CCOC(=O)[C@H]1C[C@@H](CCn2cnc(N)c3nc(Sc4cc5c(cc4Br)OCO5)nc2-3)CCN1. The van der Waals surface area contributed by atoms with Crippen LogP contribution < -0.4 is 20.5 Å². The Morgan fingerprint density at radius 1 is 1.35 bits per heavy atom. The highest BCUT2D eigenvalue weighted by atomic mass is 79.9. The number of nitrogens with one attached hydrogen (secondary N) is 1. The summed E-state index contributed by atoms with van der Waals surface area (Å²) in [4.78, 5) is 26.7. The second kappa shape index (κ2) is 9.96. The molecule has 0 aromatic heterocycles. The van der Waals surface area contributed by atoms with Crippen molar-refractivity contribution in [3.05, 3.63) is 22.9 Å². The molecule has 180 valence electrons. The van der Waals surface area contributed by atoms with Gasteiger partial charge in [-0.2, -0.15) is 0 Å². The Morgan fingerprint density at radius 3 is 3.00 bits per heavy atom. The number of hydrogen-bond acceptors (Lipinski definition) is 10. The number of nitrogens with zero attached hydrogens (tertiary/aromatic N) is 4. The maximum atomic E-state index is 12.1. The highest BCUT2D eigenvalue weighted by Gasteiger charge is 2.28. The second-order valence-electron chi connectivity index (χ2n) is 8.18. The molecule has 3 N–H and O–H groups in total. The number of aryl methyl sites for hydroxylation is 1. The minimum Gasteiger partial charge on any atom is -0.465 e. The predicted molar refractivity (Wildman–Crippen MR) is 129 cm³/mol. The van der Waals surface area contributed by atoms with Crippen LogP contribution in [0.4, 0.5) is 5.82 Å². The van der Waals surface area contributed by atoms with E-state index in [2.05, 4.69) is 31.2 Å². The van der Waals surface area contributed by atoms with E-state index in [4.69, 9.17) is 24.9 Å². The van der Waals surface area contributed by atoms with E-state index < -0.39 is 0 Å². The summed E-state index contributed by atoms with van der Waals surface area (Å²) >= 11 is 5.00. The first kappa shape index (κ1) is 23.2. The van der Waals surface area contributed by atoms with Gasteiger partial charge in [0.05, 0.1) is 12.9 Å². The van der Waals surface area contributed by atoms with Crippen LogP contribution in [-0.4, -0.2) is 51.5 Å². The summed E-state index contributed by atoms with van der Waals surface area (Å²) in [5, 5.41) is 3.84. The van der Waals surface area contributed by atoms with E-state index in [-0.39, 0.29) is 18.8 Å². The Hall–Kier alpha value is -2.57. The molecule has 10 nitrogen and oxygen atoms in total. The third kappa shape index (κ3) is 4.80. The number of halogens is 1. The lowest BCUT2D eigenvalue weighted by Crippen LogP contribution is -2.44. The van der Waals surface area contributed by atoms with E-state index in [0.29, 0.717) is 53.1 Å². The van der Waals surface area contributed by atoms with Crippen molar-refractivity contribution in [2.75, 3.05) is 25.7 Å². The van der Waals surface area contributed by atoms with Crippen LogP contribution in [0.3, 0.4) is 0 Å². The Labute approximate surface area is 209 Å². The number of carbonyl (C=O) groups excluding carboxylic acids is 1. The summed E-state index contributed by atoms with van der Waals surface area (Å²) in [6.45, 7) is 3.95. The van der Waals surface area contributed by atoms with Crippen molar-refractivity contribution in [3.8, 4) is 23.0 Å². The molecule has 1 aromatic carbocycles. The fourth-order valence-corrected chi connectivity index (χ4v) is 5.57. The summed E-state index contributed by atoms with van der Waals surface area (Å²) in [6, 6.07) is 3.55. The number of ether oxygens (including phenoxy) is 3. The van der Waals surface area contributed by atoms with Gasteiger partial charge in [0.25, 0.3) is 0 Å². The van der Waals surface area contributed by atoms with Crippen LogP contribution >= 0.6 is 27.7 Å². The molecule has 0 amide bonds. The van der Waals surface area contributed by atoms with Gasteiger partial charge in [-0.25, -0.2) is 15.0 Å². The van der Waals surface area contributed by atoms with Crippen LogP contribution in [0.25, 0.3) is 11.5 Å². The molecule has 12 heteroatoms. The van der Waals surface area contributed by atoms with Crippen molar-refractivity contribution >= 4 is 39.5 Å². The number of nitrogens with two attached hydrogens (primary N) is 1. The summed E-state index contributed by atoms with van der Waals surface area (Å²) in [7, 11) is 0. The molecular formula is C22H25BrN6O4S. The lowest BCUT2D eigenvalue weighted by molar-refractivity contribution is -0.146. The largest absolute Gasteiger partial charge is 0.465 e. The maximum absolute atomic E-state index is 12.1. The Bertz CT molecular complexity index is 1170. The van der Waals surface area contributed by atoms with E-state index in [9.17, 15) is 4.79 Å². The molecule has 1 fully saturated rings. The fraction of sp³-hybridized carbons (Fsp3) is 0.455. The lowest BCUT2D eigenvalue weighted by Gasteiger charge is -2.29. The van der Waals surface area contributed by atoms with Crippen LogP contribution in [0.5, 0.6) is 11.5 Å². The fourth-order valence-electron chi connectivity index (χ4n) is 4.22. The number of imidazole rings is 1. The van der Waals surface area contributed by atoms with E-state index in [0.717, 1.165) is 35.2 Å². The van der Waals surface area contributed by atoms with Crippen molar-refractivity contribution < 1.29 is 19.0 Å². The Morgan fingerprint density at radius 2 is 2.18 bits per heavy atom. The van der Waals surface area contributed by atoms with Crippen molar-refractivity contribution in [3.63, 3.8) is 0 Å². The molecule has 0 radical (unpaired) electrons. The van der Waals surface area contributed by atoms with Crippen molar-refractivity contribution in [1.29, 1.82) is 0 Å². The average molecular weight is 549 g/mol. The monoisotopic (exact) mass is 548 g/mol. The zero-order valence-electron chi connectivity index (χ0n) is 18.6. The molecule has 1 saturated heterocycles. The zero-order chi connectivity index (χ0) is 23.7.